The first-order valence-corrected chi connectivity index (χ1v) is 12.0. The molecule has 4 aromatic rings. The molecular formula is C28H26F4N2O6. The molecule has 3 aromatic carbocycles. The summed E-state index contributed by atoms with van der Waals surface area (Å²) in [7, 11) is 2.76. The Balaban J connectivity index is 1.84. The van der Waals surface area contributed by atoms with Gasteiger partial charge in [-0.25, -0.2) is 4.39 Å². The van der Waals surface area contributed by atoms with Crippen LogP contribution >= 0.6 is 0 Å². The second kappa shape index (κ2) is 11.7. The van der Waals surface area contributed by atoms with Gasteiger partial charge >= 0.3 is 6.36 Å². The number of alkyl halides is 3. The number of Topliss-reactive ketones (excluding diaryl/α,β-unsaturated/α-hetero) is 1. The number of aliphatic hydroxyl groups excluding tert-OH is 1. The molecule has 3 N–H and O–H groups in total. The van der Waals surface area contributed by atoms with Crippen LogP contribution in [-0.4, -0.2) is 49.7 Å². The number of halogens is 4. The molecular weight excluding hydrogens is 536 g/mol. The molecule has 1 heterocycles. The molecule has 1 unspecified atom stereocenters. The van der Waals surface area contributed by atoms with E-state index in [2.05, 4.69) is 15.0 Å². The van der Waals surface area contributed by atoms with Crippen LogP contribution in [0.25, 0.3) is 10.9 Å². The Morgan fingerprint density at radius 2 is 1.77 bits per heavy atom. The molecule has 0 amide bonds. The second-order valence-electron chi connectivity index (χ2n) is 8.71. The van der Waals surface area contributed by atoms with Crippen molar-refractivity contribution in [2.45, 2.75) is 19.3 Å². The number of aliphatic hydroxyl groups is 1. The predicted octanol–water partition coefficient (Wildman–Crippen LogP) is 5.94. The minimum atomic E-state index is -4.92. The van der Waals surface area contributed by atoms with E-state index in [-0.39, 0.29) is 35.5 Å². The Labute approximate surface area is 226 Å². The Morgan fingerprint density at radius 3 is 2.45 bits per heavy atom. The van der Waals surface area contributed by atoms with E-state index >= 15 is 0 Å². The zero-order valence-corrected chi connectivity index (χ0v) is 21.7. The molecule has 4 rings (SSSR count). The summed E-state index contributed by atoms with van der Waals surface area (Å²) in [6.45, 7) is 1.37. The predicted molar refractivity (Wildman–Crippen MR) is 139 cm³/mol. The third-order valence-corrected chi connectivity index (χ3v) is 6.01. The summed E-state index contributed by atoms with van der Waals surface area (Å²) < 4.78 is 73.2. The molecule has 0 aliphatic heterocycles. The van der Waals surface area contributed by atoms with E-state index in [9.17, 15) is 22.4 Å². The number of H-pyrrole nitrogens is 1. The number of carbonyl (C=O) groups is 1. The van der Waals surface area contributed by atoms with Crippen molar-refractivity contribution >= 4 is 22.4 Å². The quantitative estimate of drug-likeness (QED) is 0.154. The molecule has 0 bridgehead atoms. The fourth-order valence-electron chi connectivity index (χ4n) is 4.33. The van der Waals surface area contributed by atoms with Crippen molar-refractivity contribution in [1.29, 1.82) is 0 Å². The van der Waals surface area contributed by atoms with Gasteiger partial charge < -0.3 is 34.4 Å². The molecule has 0 aliphatic carbocycles. The lowest BCUT2D eigenvalue weighted by Crippen LogP contribution is -2.22. The summed E-state index contributed by atoms with van der Waals surface area (Å²) in [4.78, 5) is 17.1. The van der Waals surface area contributed by atoms with E-state index in [1.807, 2.05) is 0 Å². The minimum absolute atomic E-state index is 0.0117. The van der Waals surface area contributed by atoms with Crippen molar-refractivity contribution in [3.05, 3.63) is 77.2 Å². The summed E-state index contributed by atoms with van der Waals surface area (Å²) in [5.41, 5.74) is 1.58. The van der Waals surface area contributed by atoms with Gasteiger partial charge in [-0.2, -0.15) is 0 Å². The highest BCUT2D eigenvalue weighted by molar-refractivity contribution is 6.12. The molecule has 8 nitrogen and oxygen atoms in total. The zero-order valence-electron chi connectivity index (χ0n) is 21.7. The lowest BCUT2D eigenvalue weighted by Gasteiger charge is -2.22. The molecule has 1 aromatic heterocycles. The van der Waals surface area contributed by atoms with E-state index in [0.29, 0.717) is 28.3 Å². The standard InChI is InChI=1S/C28H26F4N2O6/c1-15-8-20(40-28(30,31)32)13-22-23(14-33-25(15)22)27(36)26(21-5-4-16(29)9-24(21)38-3)34-17-10-18(37-2)12-19(11-17)39-7-6-35/h4-5,8-14,26,33-35H,6-7H2,1-3H3. The van der Waals surface area contributed by atoms with E-state index in [1.54, 1.807) is 25.1 Å². The highest BCUT2D eigenvalue weighted by Gasteiger charge is 2.32. The van der Waals surface area contributed by atoms with Crippen molar-refractivity contribution in [3.8, 4) is 23.0 Å². The van der Waals surface area contributed by atoms with Gasteiger partial charge in [-0.1, -0.05) is 0 Å². The molecule has 1 atom stereocenters. The van der Waals surface area contributed by atoms with Gasteiger partial charge in [0.2, 0.25) is 0 Å². The normalized spacial score (nSPS) is 12.2. The first-order chi connectivity index (χ1) is 19.0. The number of hydrogen-bond acceptors (Lipinski definition) is 7. The van der Waals surface area contributed by atoms with Gasteiger partial charge in [0, 0.05) is 58.2 Å². The highest BCUT2D eigenvalue weighted by atomic mass is 19.4. The van der Waals surface area contributed by atoms with Crippen LogP contribution < -0.4 is 24.3 Å². The Kier molecular flexibility index (Phi) is 8.38. The first kappa shape index (κ1) is 28.6. The number of carbonyl (C=O) groups excluding carboxylic acids is 1. The number of aryl methyl sites for hydroxylation is 1. The van der Waals surface area contributed by atoms with Crippen LogP contribution in [0.5, 0.6) is 23.0 Å². The number of rotatable bonds is 11. The van der Waals surface area contributed by atoms with Crippen LogP contribution in [0.15, 0.2) is 54.7 Å². The van der Waals surface area contributed by atoms with Crippen LogP contribution in [0.2, 0.25) is 0 Å². The Bertz CT molecular complexity index is 1520. The van der Waals surface area contributed by atoms with Crippen molar-refractivity contribution in [2.24, 2.45) is 0 Å². The number of nitrogens with one attached hydrogen (secondary N) is 2. The lowest BCUT2D eigenvalue weighted by molar-refractivity contribution is -0.274. The van der Waals surface area contributed by atoms with Crippen molar-refractivity contribution in [1.82, 2.24) is 4.98 Å². The first-order valence-electron chi connectivity index (χ1n) is 12.0. The number of ether oxygens (including phenoxy) is 4. The van der Waals surface area contributed by atoms with Crippen LogP contribution in [0.1, 0.15) is 27.5 Å². The summed E-state index contributed by atoms with van der Waals surface area (Å²) in [6.07, 6.45) is -3.53. The smallest absolute Gasteiger partial charge is 0.497 e. The molecule has 212 valence electrons. The molecule has 0 fully saturated rings. The average Bonchev–Trinajstić information content (AvgIpc) is 3.33. The monoisotopic (exact) mass is 562 g/mol. The third kappa shape index (κ3) is 6.40. The van der Waals surface area contributed by atoms with Gasteiger partial charge in [-0.3, -0.25) is 4.79 Å². The summed E-state index contributed by atoms with van der Waals surface area (Å²) in [5, 5.41) is 12.4. The summed E-state index contributed by atoms with van der Waals surface area (Å²) >= 11 is 0. The molecule has 0 radical (unpaired) electrons. The highest BCUT2D eigenvalue weighted by Crippen LogP contribution is 2.37. The number of benzene rings is 3. The Hall–Kier alpha value is -4.45. The van der Waals surface area contributed by atoms with Gasteiger partial charge in [0.15, 0.2) is 5.78 Å². The van der Waals surface area contributed by atoms with Gasteiger partial charge in [-0.15, -0.1) is 13.2 Å². The van der Waals surface area contributed by atoms with E-state index in [0.717, 1.165) is 18.2 Å². The van der Waals surface area contributed by atoms with E-state index in [1.165, 1.54) is 32.5 Å². The fourth-order valence-corrected chi connectivity index (χ4v) is 4.33. The zero-order chi connectivity index (χ0) is 29.0. The maximum Gasteiger partial charge on any atom is 0.573 e. The van der Waals surface area contributed by atoms with Crippen LogP contribution in [0.3, 0.4) is 0 Å². The Morgan fingerprint density at radius 1 is 1.02 bits per heavy atom. The number of hydrogen-bond donors (Lipinski definition) is 3. The van der Waals surface area contributed by atoms with E-state index in [4.69, 9.17) is 19.3 Å². The summed E-state index contributed by atoms with van der Waals surface area (Å²) in [6, 6.07) is 9.56. The van der Waals surface area contributed by atoms with Crippen LogP contribution in [0.4, 0.5) is 23.2 Å². The van der Waals surface area contributed by atoms with Gasteiger partial charge in [0.05, 0.1) is 20.8 Å². The average molecular weight is 563 g/mol. The maximum absolute atomic E-state index is 14.1. The molecule has 40 heavy (non-hydrogen) atoms. The topological polar surface area (TPSA) is 102 Å². The number of aromatic amines is 1. The minimum Gasteiger partial charge on any atom is -0.497 e. The van der Waals surface area contributed by atoms with E-state index < -0.39 is 29.8 Å². The maximum atomic E-state index is 14.1. The SMILES string of the molecule is COc1cc(NC(C(=O)c2c[nH]c3c(C)cc(OC(F)(F)F)cc23)c2ccc(F)cc2OC)cc(OCCO)c1. The van der Waals surface area contributed by atoms with Crippen LogP contribution in [-0.2, 0) is 0 Å². The largest absolute Gasteiger partial charge is 0.573 e. The second-order valence-corrected chi connectivity index (χ2v) is 8.71. The third-order valence-electron chi connectivity index (χ3n) is 6.01. The molecule has 0 saturated heterocycles. The number of methoxy groups -OCH3 is 2. The molecule has 12 heteroatoms. The number of ketones is 1. The lowest BCUT2D eigenvalue weighted by atomic mass is 9.95. The van der Waals surface area contributed by atoms with Crippen molar-refractivity contribution in [2.75, 3.05) is 32.8 Å². The molecule has 0 spiro atoms. The number of anilines is 1. The summed E-state index contributed by atoms with van der Waals surface area (Å²) in [5.74, 6) is -0.835. The van der Waals surface area contributed by atoms with Crippen LogP contribution in [0, 0.1) is 12.7 Å². The van der Waals surface area contributed by atoms with Crippen molar-refractivity contribution < 1.29 is 46.4 Å². The fraction of sp³-hybridized carbons (Fsp3) is 0.250. The number of aromatic nitrogens is 1. The van der Waals surface area contributed by atoms with Gasteiger partial charge in [-0.05, 0) is 36.8 Å². The van der Waals surface area contributed by atoms with Crippen molar-refractivity contribution in [3.63, 3.8) is 0 Å². The number of fused-ring (bicyclic) bond motifs is 1. The molecule has 0 aliphatic rings. The molecule has 0 saturated carbocycles. The van der Waals surface area contributed by atoms with Gasteiger partial charge in [0.25, 0.3) is 0 Å². The van der Waals surface area contributed by atoms with Gasteiger partial charge in [0.1, 0.15) is 41.5 Å².